The first-order valence-corrected chi connectivity index (χ1v) is 8.18. The van der Waals surface area contributed by atoms with Crippen LogP contribution in [0.5, 0.6) is 0 Å². The molecule has 12 heteroatoms. The van der Waals surface area contributed by atoms with Crippen molar-refractivity contribution in [2.45, 2.75) is 24.4 Å². The molecular weight excluding hydrogens is 378 g/mol. The monoisotopic (exact) mass is 392 g/mol. The molecule has 1 saturated heterocycles. The lowest BCUT2D eigenvalue weighted by atomic mass is 10.1. The SMILES string of the molecule is O=C(Nc1ncnc2c1nnn2[C@@H]1O[C@H](CO)[C@@H](O)C1(F)F)c1ccccc1. The number of aromatic nitrogens is 5. The van der Waals surface area contributed by atoms with Crippen molar-refractivity contribution >= 4 is 22.9 Å². The number of nitrogens with one attached hydrogen (secondary N) is 1. The Hall–Kier alpha value is -3.09. The first-order chi connectivity index (χ1) is 13.4. The number of amides is 1. The quantitative estimate of drug-likeness (QED) is 0.579. The molecule has 3 atom stereocenters. The molecule has 3 aromatic rings. The molecular formula is C16H14F2N6O4. The van der Waals surface area contributed by atoms with E-state index in [0.29, 0.717) is 10.2 Å². The van der Waals surface area contributed by atoms with Gasteiger partial charge in [0.15, 0.2) is 23.1 Å². The van der Waals surface area contributed by atoms with Gasteiger partial charge in [-0.2, -0.15) is 13.5 Å². The predicted octanol–water partition coefficient (Wildman–Crippen LogP) is 0.359. The number of halogens is 2. The van der Waals surface area contributed by atoms with Gasteiger partial charge in [-0.25, -0.2) is 9.97 Å². The Kier molecular flexibility index (Phi) is 4.45. The number of hydrogen-bond acceptors (Lipinski definition) is 8. The number of anilines is 1. The number of carbonyl (C=O) groups excluding carboxylic acids is 1. The third-order valence-electron chi connectivity index (χ3n) is 4.31. The highest BCUT2D eigenvalue weighted by molar-refractivity contribution is 6.06. The molecule has 0 spiro atoms. The molecule has 146 valence electrons. The summed E-state index contributed by atoms with van der Waals surface area (Å²) in [5, 5.41) is 28.7. The van der Waals surface area contributed by atoms with Gasteiger partial charge in [0.1, 0.15) is 12.4 Å². The second kappa shape index (κ2) is 6.82. The zero-order chi connectivity index (χ0) is 19.9. The van der Waals surface area contributed by atoms with Crippen LogP contribution in [0.15, 0.2) is 36.7 Å². The van der Waals surface area contributed by atoms with Gasteiger partial charge in [-0.05, 0) is 12.1 Å². The Morgan fingerprint density at radius 2 is 2.04 bits per heavy atom. The number of rotatable bonds is 4. The fourth-order valence-corrected chi connectivity index (χ4v) is 2.87. The topological polar surface area (TPSA) is 135 Å². The van der Waals surface area contributed by atoms with E-state index in [-0.39, 0.29) is 17.0 Å². The number of aliphatic hydroxyl groups is 2. The second-order valence-electron chi connectivity index (χ2n) is 6.08. The summed E-state index contributed by atoms with van der Waals surface area (Å²) in [6.07, 6.45) is -4.69. The number of alkyl halides is 2. The maximum absolute atomic E-state index is 14.4. The van der Waals surface area contributed by atoms with E-state index in [1.54, 1.807) is 30.3 Å². The van der Waals surface area contributed by atoms with Crippen molar-refractivity contribution in [2.75, 3.05) is 11.9 Å². The summed E-state index contributed by atoms with van der Waals surface area (Å²) in [6.45, 7) is -0.798. The minimum Gasteiger partial charge on any atom is -0.394 e. The Morgan fingerprint density at radius 1 is 1.29 bits per heavy atom. The molecule has 28 heavy (non-hydrogen) atoms. The Bertz CT molecular complexity index is 1010. The van der Waals surface area contributed by atoms with Crippen molar-refractivity contribution in [3.05, 3.63) is 42.2 Å². The molecule has 3 heterocycles. The number of carbonyl (C=O) groups is 1. The van der Waals surface area contributed by atoms with Gasteiger partial charge < -0.3 is 20.3 Å². The zero-order valence-electron chi connectivity index (χ0n) is 14.1. The molecule has 4 rings (SSSR count). The molecule has 2 aromatic heterocycles. The van der Waals surface area contributed by atoms with E-state index in [0.717, 1.165) is 6.33 Å². The Labute approximate surface area is 155 Å². The van der Waals surface area contributed by atoms with Crippen molar-refractivity contribution in [3.8, 4) is 0 Å². The number of benzene rings is 1. The number of ether oxygens (including phenoxy) is 1. The summed E-state index contributed by atoms with van der Waals surface area (Å²) >= 11 is 0. The average Bonchev–Trinajstić information content (AvgIpc) is 3.22. The van der Waals surface area contributed by atoms with Gasteiger partial charge in [0.05, 0.1) is 6.61 Å². The summed E-state index contributed by atoms with van der Waals surface area (Å²) < 4.78 is 34.5. The maximum atomic E-state index is 14.4. The van der Waals surface area contributed by atoms with Gasteiger partial charge in [-0.15, -0.1) is 5.10 Å². The molecule has 0 radical (unpaired) electrons. The molecule has 0 saturated carbocycles. The molecule has 1 fully saturated rings. The summed E-state index contributed by atoms with van der Waals surface area (Å²) in [7, 11) is 0. The highest BCUT2D eigenvalue weighted by Crippen LogP contribution is 2.43. The van der Waals surface area contributed by atoms with Crippen LogP contribution in [0.3, 0.4) is 0 Å². The van der Waals surface area contributed by atoms with Crippen LogP contribution in [0.4, 0.5) is 14.6 Å². The molecule has 3 N–H and O–H groups in total. The smallest absolute Gasteiger partial charge is 0.321 e. The van der Waals surface area contributed by atoms with Crippen LogP contribution in [0, 0.1) is 0 Å². The molecule has 0 aliphatic carbocycles. The van der Waals surface area contributed by atoms with Crippen molar-refractivity contribution < 1.29 is 28.5 Å². The number of nitrogens with zero attached hydrogens (tertiary/aromatic N) is 5. The van der Waals surface area contributed by atoms with E-state index in [1.165, 1.54) is 0 Å². The van der Waals surface area contributed by atoms with Gasteiger partial charge in [0.2, 0.25) is 6.23 Å². The first kappa shape index (κ1) is 18.3. The number of hydrogen-bond donors (Lipinski definition) is 3. The predicted molar refractivity (Wildman–Crippen MR) is 89.5 cm³/mol. The molecule has 0 bridgehead atoms. The second-order valence-corrected chi connectivity index (χ2v) is 6.08. The van der Waals surface area contributed by atoms with Crippen molar-refractivity contribution in [1.29, 1.82) is 0 Å². The number of fused-ring (bicyclic) bond motifs is 1. The van der Waals surface area contributed by atoms with Crippen molar-refractivity contribution in [3.63, 3.8) is 0 Å². The fourth-order valence-electron chi connectivity index (χ4n) is 2.87. The van der Waals surface area contributed by atoms with Gasteiger partial charge in [-0.3, -0.25) is 4.79 Å². The van der Waals surface area contributed by atoms with Gasteiger partial charge >= 0.3 is 5.92 Å². The molecule has 1 aromatic carbocycles. The van der Waals surface area contributed by atoms with Crippen molar-refractivity contribution in [2.24, 2.45) is 0 Å². The van der Waals surface area contributed by atoms with Crippen LogP contribution >= 0.6 is 0 Å². The lowest BCUT2D eigenvalue weighted by Gasteiger charge is -2.19. The third kappa shape index (κ3) is 2.87. The summed E-state index contributed by atoms with van der Waals surface area (Å²) in [5.74, 6) is -4.24. The maximum Gasteiger partial charge on any atom is 0.321 e. The fraction of sp³-hybridized carbons (Fsp3) is 0.312. The number of aliphatic hydroxyl groups excluding tert-OH is 2. The van der Waals surface area contributed by atoms with Crippen LogP contribution in [0.2, 0.25) is 0 Å². The van der Waals surface area contributed by atoms with Crippen molar-refractivity contribution in [1.82, 2.24) is 25.0 Å². The van der Waals surface area contributed by atoms with Gasteiger partial charge in [0.25, 0.3) is 5.91 Å². The zero-order valence-corrected chi connectivity index (χ0v) is 14.1. The first-order valence-electron chi connectivity index (χ1n) is 8.18. The summed E-state index contributed by atoms with van der Waals surface area (Å²) in [6, 6.07) is 8.30. The lowest BCUT2D eigenvalue weighted by molar-refractivity contribution is -0.142. The van der Waals surface area contributed by atoms with Gasteiger partial charge in [-0.1, -0.05) is 23.4 Å². The van der Waals surface area contributed by atoms with E-state index < -0.39 is 36.9 Å². The molecule has 0 unspecified atom stereocenters. The summed E-state index contributed by atoms with van der Waals surface area (Å²) in [5.41, 5.74) is 0.197. The van der Waals surface area contributed by atoms with E-state index in [1.807, 2.05) is 0 Å². The largest absolute Gasteiger partial charge is 0.394 e. The molecule has 10 nitrogen and oxygen atoms in total. The average molecular weight is 392 g/mol. The van der Waals surface area contributed by atoms with Crippen LogP contribution in [-0.2, 0) is 4.74 Å². The van der Waals surface area contributed by atoms with Gasteiger partial charge in [0, 0.05) is 5.56 Å². The van der Waals surface area contributed by atoms with E-state index >= 15 is 0 Å². The molecule has 1 aliphatic heterocycles. The lowest BCUT2D eigenvalue weighted by Crippen LogP contribution is -2.39. The molecule has 1 aliphatic rings. The molecule has 1 amide bonds. The van der Waals surface area contributed by atoms with E-state index in [4.69, 9.17) is 9.84 Å². The van der Waals surface area contributed by atoms with Crippen LogP contribution in [0.1, 0.15) is 16.6 Å². The summed E-state index contributed by atoms with van der Waals surface area (Å²) in [4.78, 5) is 20.1. The van der Waals surface area contributed by atoms with E-state index in [2.05, 4.69) is 25.6 Å². The van der Waals surface area contributed by atoms with Crippen LogP contribution in [-0.4, -0.2) is 65.8 Å². The van der Waals surface area contributed by atoms with E-state index in [9.17, 15) is 18.7 Å². The highest BCUT2D eigenvalue weighted by Gasteiger charge is 2.60. The Morgan fingerprint density at radius 3 is 2.71 bits per heavy atom. The minimum absolute atomic E-state index is 0.0225. The van der Waals surface area contributed by atoms with Crippen LogP contribution < -0.4 is 5.32 Å². The van der Waals surface area contributed by atoms with Crippen LogP contribution in [0.25, 0.3) is 11.2 Å². The minimum atomic E-state index is -3.74. The Balaban J connectivity index is 1.69. The standard InChI is InChI=1S/C16H14F2N6O4/c17-16(18)11(26)9(6-25)28-15(16)24-13-10(22-23-24)12(19-7-20-13)21-14(27)8-4-2-1-3-5-8/h1-5,7,9,11,15,25-26H,6H2,(H,19,20,21,27)/t9-,11-,15-/m1/s1. The highest BCUT2D eigenvalue weighted by atomic mass is 19.3. The third-order valence-corrected chi connectivity index (χ3v) is 4.31. The normalized spacial score (nSPS) is 23.8.